The molecule has 102 valence electrons. The van der Waals surface area contributed by atoms with Gasteiger partial charge in [-0.3, -0.25) is 0 Å². The third-order valence-electron chi connectivity index (χ3n) is 3.35. The number of hydrogen-bond donors (Lipinski definition) is 0. The summed E-state index contributed by atoms with van der Waals surface area (Å²) in [5.74, 6) is -0.833. The minimum absolute atomic E-state index is 0.142. The Bertz CT molecular complexity index is 474. The maximum atomic E-state index is 11.6. The van der Waals surface area contributed by atoms with Gasteiger partial charge in [0.05, 0.1) is 18.7 Å². The van der Waals surface area contributed by atoms with Crippen LogP contribution < -0.4 is 5.06 Å². The van der Waals surface area contributed by atoms with Gasteiger partial charge < -0.3 is 14.3 Å². The van der Waals surface area contributed by atoms with Crippen LogP contribution in [0.25, 0.3) is 0 Å². The molecule has 0 radical (unpaired) electrons. The van der Waals surface area contributed by atoms with Crippen LogP contribution >= 0.6 is 0 Å². The summed E-state index contributed by atoms with van der Waals surface area (Å²) in [5, 5.41) is 1.64. The molecule has 2 atom stereocenters. The zero-order chi connectivity index (χ0) is 13.5. The number of hydrogen-bond acceptors (Lipinski definition) is 5. The first kappa shape index (κ1) is 12.4. The molecule has 0 amide bonds. The Labute approximate surface area is 112 Å². The molecule has 19 heavy (non-hydrogen) atoms. The highest BCUT2D eigenvalue weighted by Crippen LogP contribution is 2.33. The predicted molar refractivity (Wildman–Crippen MR) is 68.3 cm³/mol. The lowest BCUT2D eigenvalue weighted by Crippen LogP contribution is -2.40. The number of anilines is 1. The van der Waals surface area contributed by atoms with Gasteiger partial charge >= 0.3 is 5.97 Å². The van der Waals surface area contributed by atoms with Crippen LogP contribution in [0.1, 0.15) is 20.3 Å². The summed E-state index contributed by atoms with van der Waals surface area (Å²) in [6, 6.07) is 9.42. The van der Waals surface area contributed by atoms with E-state index in [9.17, 15) is 4.79 Å². The van der Waals surface area contributed by atoms with E-state index >= 15 is 0 Å². The van der Waals surface area contributed by atoms with E-state index in [0.717, 1.165) is 5.69 Å². The number of para-hydroxylation sites is 1. The Morgan fingerprint density at radius 2 is 2.00 bits per heavy atom. The number of benzene rings is 1. The van der Waals surface area contributed by atoms with Gasteiger partial charge in [-0.25, -0.2) is 9.86 Å². The van der Waals surface area contributed by atoms with Crippen LogP contribution in [0, 0.1) is 0 Å². The molecule has 0 saturated carbocycles. The van der Waals surface area contributed by atoms with Crippen LogP contribution in [-0.2, 0) is 19.1 Å². The van der Waals surface area contributed by atoms with E-state index in [1.165, 1.54) is 0 Å². The predicted octanol–water partition coefficient (Wildman–Crippen LogP) is 1.88. The first-order valence-electron chi connectivity index (χ1n) is 6.42. The van der Waals surface area contributed by atoms with Crippen molar-refractivity contribution in [3.63, 3.8) is 0 Å². The fourth-order valence-electron chi connectivity index (χ4n) is 2.47. The van der Waals surface area contributed by atoms with Gasteiger partial charge in [-0.2, -0.15) is 0 Å². The molecule has 1 unspecified atom stereocenters. The topological polar surface area (TPSA) is 48.0 Å². The summed E-state index contributed by atoms with van der Waals surface area (Å²) in [6.45, 7) is 4.21. The van der Waals surface area contributed by atoms with Gasteiger partial charge in [-0.15, -0.1) is 0 Å². The van der Waals surface area contributed by atoms with Gasteiger partial charge in [-0.05, 0) is 26.0 Å². The Hall–Kier alpha value is -1.59. The van der Waals surface area contributed by atoms with Gasteiger partial charge in [0.25, 0.3) is 0 Å². The van der Waals surface area contributed by atoms with E-state index in [0.29, 0.717) is 13.0 Å². The van der Waals surface area contributed by atoms with E-state index in [4.69, 9.17) is 14.3 Å². The molecule has 2 aliphatic rings. The molecular weight excluding hydrogens is 246 g/mol. The lowest BCUT2D eigenvalue weighted by Gasteiger charge is -2.27. The van der Waals surface area contributed by atoms with Crippen molar-refractivity contribution in [1.29, 1.82) is 0 Å². The molecule has 3 rings (SSSR count). The molecule has 2 aliphatic heterocycles. The molecule has 2 saturated heterocycles. The highest BCUT2D eigenvalue weighted by Gasteiger charge is 2.45. The van der Waals surface area contributed by atoms with Crippen LogP contribution in [-0.4, -0.2) is 30.5 Å². The SMILES string of the molecule is CC1(C)OC[C@H](C2CC(=O)ON2c2ccccc2)O1. The molecule has 2 fully saturated rings. The standard InChI is InChI=1S/C14H17NO4/c1-14(2)17-9-12(18-14)11-8-13(16)19-15(11)10-6-4-3-5-7-10/h3-7,11-12H,8-9H2,1-2H3/t11?,12-/m1/s1. The molecule has 0 bridgehead atoms. The molecule has 0 N–H and O–H groups in total. The van der Waals surface area contributed by atoms with Crippen molar-refractivity contribution in [2.75, 3.05) is 11.7 Å². The number of hydroxylamine groups is 1. The average molecular weight is 263 g/mol. The molecule has 5 nitrogen and oxygen atoms in total. The minimum atomic E-state index is -0.599. The monoisotopic (exact) mass is 263 g/mol. The Morgan fingerprint density at radius 1 is 1.26 bits per heavy atom. The van der Waals surface area contributed by atoms with Gasteiger partial charge in [0.15, 0.2) is 5.79 Å². The Balaban J connectivity index is 1.82. The van der Waals surface area contributed by atoms with Gasteiger partial charge in [0.2, 0.25) is 0 Å². The average Bonchev–Trinajstić information content (AvgIpc) is 2.93. The molecule has 0 aromatic heterocycles. The largest absolute Gasteiger partial charge is 0.348 e. The zero-order valence-electron chi connectivity index (χ0n) is 11.0. The Kier molecular flexibility index (Phi) is 2.95. The molecule has 2 heterocycles. The van der Waals surface area contributed by atoms with E-state index in [1.54, 1.807) is 5.06 Å². The fourth-order valence-corrected chi connectivity index (χ4v) is 2.47. The number of carbonyl (C=O) groups excluding carboxylic acids is 1. The Morgan fingerprint density at radius 3 is 2.63 bits per heavy atom. The van der Waals surface area contributed by atoms with Crippen LogP contribution in [0.3, 0.4) is 0 Å². The normalized spacial score (nSPS) is 29.6. The van der Waals surface area contributed by atoms with Gasteiger partial charge in [-0.1, -0.05) is 18.2 Å². The third kappa shape index (κ3) is 2.43. The second-order valence-electron chi connectivity index (χ2n) is 5.26. The number of nitrogens with zero attached hydrogens (tertiary/aromatic N) is 1. The molecule has 0 spiro atoms. The van der Waals surface area contributed by atoms with Crippen molar-refractivity contribution in [3.05, 3.63) is 30.3 Å². The number of rotatable bonds is 2. The van der Waals surface area contributed by atoms with Gasteiger partial charge in [0, 0.05) is 0 Å². The van der Waals surface area contributed by atoms with Crippen molar-refractivity contribution in [2.24, 2.45) is 0 Å². The third-order valence-corrected chi connectivity index (χ3v) is 3.35. The summed E-state index contributed by atoms with van der Waals surface area (Å²) < 4.78 is 11.4. The zero-order valence-corrected chi connectivity index (χ0v) is 11.0. The smallest absolute Gasteiger partial charge is 0.334 e. The lowest BCUT2D eigenvalue weighted by molar-refractivity contribution is -0.141. The first-order valence-corrected chi connectivity index (χ1v) is 6.42. The number of ether oxygens (including phenoxy) is 2. The summed E-state index contributed by atoms with van der Waals surface area (Å²) in [5.41, 5.74) is 0.853. The van der Waals surface area contributed by atoms with Crippen LogP contribution in [0.5, 0.6) is 0 Å². The van der Waals surface area contributed by atoms with Crippen molar-refractivity contribution in [1.82, 2.24) is 0 Å². The summed E-state index contributed by atoms with van der Waals surface area (Å²) >= 11 is 0. The van der Waals surface area contributed by atoms with Crippen molar-refractivity contribution >= 4 is 11.7 Å². The van der Waals surface area contributed by atoms with Crippen LogP contribution in [0.15, 0.2) is 30.3 Å². The van der Waals surface area contributed by atoms with E-state index in [1.807, 2.05) is 44.2 Å². The van der Waals surface area contributed by atoms with Crippen molar-refractivity contribution in [3.8, 4) is 0 Å². The van der Waals surface area contributed by atoms with Crippen molar-refractivity contribution in [2.45, 2.75) is 38.2 Å². The van der Waals surface area contributed by atoms with Crippen molar-refractivity contribution < 1.29 is 19.1 Å². The maximum absolute atomic E-state index is 11.6. The van der Waals surface area contributed by atoms with E-state index < -0.39 is 5.79 Å². The highest BCUT2D eigenvalue weighted by atomic mass is 16.8. The second kappa shape index (κ2) is 4.51. The highest BCUT2D eigenvalue weighted by molar-refractivity contribution is 5.75. The summed E-state index contributed by atoms with van der Waals surface area (Å²) in [6.07, 6.45) is 0.153. The van der Waals surface area contributed by atoms with Gasteiger partial charge in [0.1, 0.15) is 12.1 Å². The molecule has 1 aromatic rings. The number of carbonyl (C=O) groups is 1. The van der Waals surface area contributed by atoms with E-state index in [2.05, 4.69) is 0 Å². The van der Waals surface area contributed by atoms with Crippen LogP contribution in [0.2, 0.25) is 0 Å². The molecule has 5 heteroatoms. The second-order valence-corrected chi connectivity index (χ2v) is 5.26. The quantitative estimate of drug-likeness (QED) is 0.815. The lowest BCUT2D eigenvalue weighted by atomic mass is 10.1. The van der Waals surface area contributed by atoms with E-state index in [-0.39, 0.29) is 18.1 Å². The fraction of sp³-hybridized carbons (Fsp3) is 0.500. The summed E-state index contributed by atoms with van der Waals surface area (Å²) in [7, 11) is 0. The maximum Gasteiger partial charge on any atom is 0.334 e. The van der Waals surface area contributed by atoms with Crippen LogP contribution in [0.4, 0.5) is 5.69 Å². The molecular formula is C14H17NO4. The minimum Gasteiger partial charge on any atom is -0.348 e. The first-order chi connectivity index (χ1) is 9.05. The molecule has 1 aromatic carbocycles. The molecule has 0 aliphatic carbocycles. The summed E-state index contributed by atoms with van der Waals surface area (Å²) in [4.78, 5) is 16.9.